The second-order valence-electron chi connectivity index (χ2n) is 4.11. The van der Waals surface area contributed by atoms with E-state index in [0.717, 1.165) is 29.7 Å². The summed E-state index contributed by atoms with van der Waals surface area (Å²) in [6.45, 7) is 0.727. The molecule has 0 aliphatic carbocycles. The number of carboxylic acid groups (broad SMARTS) is 1. The molecule has 0 amide bonds. The first kappa shape index (κ1) is 14.0. The Morgan fingerprint density at radius 2 is 2.21 bits per heavy atom. The first-order chi connectivity index (χ1) is 9.24. The van der Waals surface area contributed by atoms with E-state index in [-0.39, 0.29) is 5.76 Å². The summed E-state index contributed by atoms with van der Waals surface area (Å²) >= 11 is 1.69. The number of thioether (sulfide) groups is 1. The summed E-state index contributed by atoms with van der Waals surface area (Å²) in [5, 5.41) is 10.1. The number of carboxylic acids is 1. The van der Waals surface area contributed by atoms with E-state index in [0.29, 0.717) is 11.3 Å². The maximum absolute atomic E-state index is 11.2. The van der Waals surface area contributed by atoms with Gasteiger partial charge in [-0.25, -0.2) is 4.79 Å². The minimum absolute atomic E-state index is 0.0560. The van der Waals surface area contributed by atoms with Gasteiger partial charge in [0.15, 0.2) is 0 Å². The maximum atomic E-state index is 11.2. The molecular weight excluding hydrogens is 264 g/mol. The molecule has 0 radical (unpaired) electrons. The van der Waals surface area contributed by atoms with Gasteiger partial charge in [-0.3, -0.25) is 0 Å². The molecule has 1 aromatic carbocycles. The monoisotopic (exact) mass is 280 g/mol. The molecule has 102 valence electrons. The van der Waals surface area contributed by atoms with Crippen molar-refractivity contribution in [3.8, 4) is 0 Å². The van der Waals surface area contributed by atoms with E-state index in [4.69, 9.17) is 9.15 Å². The molecule has 0 unspecified atom stereocenters. The van der Waals surface area contributed by atoms with E-state index in [2.05, 4.69) is 0 Å². The van der Waals surface area contributed by atoms with Gasteiger partial charge in [0, 0.05) is 30.4 Å². The number of ether oxygens (including phenoxy) is 1. The molecule has 0 atom stereocenters. The van der Waals surface area contributed by atoms with Crippen LogP contribution >= 0.6 is 11.8 Å². The molecule has 1 heterocycles. The predicted octanol–water partition coefficient (Wildman–Crippen LogP) is 3.40. The summed E-state index contributed by atoms with van der Waals surface area (Å²) in [6.07, 6.45) is 0.958. The van der Waals surface area contributed by atoms with Crippen LogP contribution in [-0.4, -0.2) is 30.5 Å². The van der Waals surface area contributed by atoms with E-state index >= 15 is 0 Å². The summed E-state index contributed by atoms with van der Waals surface area (Å²) in [5.74, 6) is 0.624. The van der Waals surface area contributed by atoms with Gasteiger partial charge in [0.25, 0.3) is 0 Å². The molecule has 0 aliphatic heterocycles. The highest BCUT2D eigenvalue weighted by atomic mass is 32.2. The number of para-hydroxylation sites is 1. The lowest BCUT2D eigenvalue weighted by molar-refractivity contribution is 0.0664. The molecular formula is C14H16O4S. The molecule has 0 saturated heterocycles. The number of aromatic carboxylic acids is 1. The number of benzene rings is 1. The number of hydrogen-bond acceptors (Lipinski definition) is 4. The van der Waals surface area contributed by atoms with Crippen molar-refractivity contribution in [1.29, 1.82) is 0 Å². The zero-order valence-corrected chi connectivity index (χ0v) is 11.5. The standard InChI is InChI=1S/C14H16O4S/c1-17-7-4-8-19-9-11-10-5-2-3-6-12(10)18-13(11)14(15)16/h2-3,5-6H,4,7-9H2,1H3,(H,15,16). The Labute approximate surface area is 115 Å². The third-order valence-electron chi connectivity index (χ3n) is 2.78. The van der Waals surface area contributed by atoms with Crippen LogP contribution in [-0.2, 0) is 10.5 Å². The van der Waals surface area contributed by atoms with Crippen LogP contribution in [0.15, 0.2) is 28.7 Å². The summed E-state index contributed by atoms with van der Waals surface area (Å²) in [5.41, 5.74) is 1.40. The number of methoxy groups -OCH3 is 1. The molecule has 0 aliphatic rings. The van der Waals surface area contributed by atoms with Crippen LogP contribution in [0.25, 0.3) is 11.0 Å². The molecule has 2 aromatic rings. The lowest BCUT2D eigenvalue weighted by Crippen LogP contribution is -1.98. The number of furan rings is 1. The lowest BCUT2D eigenvalue weighted by atomic mass is 10.1. The summed E-state index contributed by atoms with van der Waals surface area (Å²) < 4.78 is 10.4. The van der Waals surface area contributed by atoms with E-state index < -0.39 is 5.97 Å². The van der Waals surface area contributed by atoms with Crippen LogP contribution < -0.4 is 0 Å². The average molecular weight is 280 g/mol. The van der Waals surface area contributed by atoms with Gasteiger partial charge in [-0.05, 0) is 18.2 Å². The van der Waals surface area contributed by atoms with Crippen molar-refractivity contribution in [3.63, 3.8) is 0 Å². The zero-order valence-electron chi connectivity index (χ0n) is 10.7. The molecule has 19 heavy (non-hydrogen) atoms. The van der Waals surface area contributed by atoms with Gasteiger partial charge in [-0.1, -0.05) is 18.2 Å². The topological polar surface area (TPSA) is 59.7 Å². The highest BCUT2D eigenvalue weighted by molar-refractivity contribution is 7.98. The summed E-state index contributed by atoms with van der Waals surface area (Å²) in [6, 6.07) is 7.42. The van der Waals surface area contributed by atoms with Crippen molar-refractivity contribution in [2.24, 2.45) is 0 Å². The van der Waals surface area contributed by atoms with Crippen molar-refractivity contribution < 1.29 is 19.1 Å². The van der Waals surface area contributed by atoms with Gasteiger partial charge in [0.2, 0.25) is 5.76 Å². The smallest absolute Gasteiger partial charge is 0.372 e. The van der Waals surface area contributed by atoms with Crippen LogP contribution in [0, 0.1) is 0 Å². The van der Waals surface area contributed by atoms with Gasteiger partial charge in [-0.15, -0.1) is 0 Å². The molecule has 5 heteroatoms. The van der Waals surface area contributed by atoms with E-state index in [9.17, 15) is 9.90 Å². The summed E-state index contributed by atoms with van der Waals surface area (Å²) in [7, 11) is 1.68. The molecule has 0 saturated carbocycles. The third-order valence-corrected chi connectivity index (χ3v) is 3.85. The Balaban J connectivity index is 2.15. The quantitative estimate of drug-likeness (QED) is 0.788. The molecule has 0 spiro atoms. The van der Waals surface area contributed by atoms with Crippen LogP contribution in [0.4, 0.5) is 0 Å². The Kier molecular flexibility index (Phi) is 4.87. The predicted molar refractivity (Wildman–Crippen MR) is 75.8 cm³/mol. The van der Waals surface area contributed by atoms with E-state index in [1.54, 1.807) is 24.9 Å². The highest BCUT2D eigenvalue weighted by Gasteiger charge is 2.19. The number of hydrogen-bond donors (Lipinski definition) is 1. The minimum atomic E-state index is -1.01. The van der Waals surface area contributed by atoms with Crippen LogP contribution in [0.2, 0.25) is 0 Å². The van der Waals surface area contributed by atoms with Crippen LogP contribution in [0.5, 0.6) is 0 Å². The summed E-state index contributed by atoms with van der Waals surface area (Å²) in [4.78, 5) is 11.2. The van der Waals surface area contributed by atoms with Crippen molar-refractivity contribution >= 4 is 28.7 Å². The maximum Gasteiger partial charge on any atom is 0.372 e. The molecule has 1 N–H and O–H groups in total. The fourth-order valence-electron chi connectivity index (χ4n) is 1.89. The molecule has 0 fully saturated rings. The van der Waals surface area contributed by atoms with Gasteiger partial charge < -0.3 is 14.3 Å². The SMILES string of the molecule is COCCCSCc1c(C(=O)O)oc2ccccc12. The molecule has 4 nitrogen and oxygen atoms in total. The number of rotatable bonds is 7. The Morgan fingerprint density at radius 3 is 2.95 bits per heavy atom. The Hall–Kier alpha value is -1.46. The van der Waals surface area contributed by atoms with Gasteiger partial charge in [0.05, 0.1) is 0 Å². The van der Waals surface area contributed by atoms with Gasteiger partial charge >= 0.3 is 5.97 Å². The lowest BCUT2D eigenvalue weighted by Gasteiger charge is -2.01. The molecule has 0 bridgehead atoms. The number of fused-ring (bicyclic) bond motifs is 1. The van der Waals surface area contributed by atoms with Gasteiger partial charge in [-0.2, -0.15) is 11.8 Å². The van der Waals surface area contributed by atoms with Crippen molar-refractivity contribution in [1.82, 2.24) is 0 Å². The highest BCUT2D eigenvalue weighted by Crippen LogP contribution is 2.29. The van der Waals surface area contributed by atoms with E-state index in [1.807, 2.05) is 18.2 Å². The fourth-order valence-corrected chi connectivity index (χ4v) is 2.85. The first-order valence-corrected chi connectivity index (χ1v) is 7.20. The fraction of sp³-hybridized carbons (Fsp3) is 0.357. The van der Waals surface area contributed by atoms with E-state index in [1.165, 1.54) is 0 Å². The van der Waals surface area contributed by atoms with Crippen molar-refractivity contribution in [3.05, 3.63) is 35.6 Å². The first-order valence-electron chi connectivity index (χ1n) is 6.04. The molecule has 2 rings (SSSR count). The van der Waals surface area contributed by atoms with Crippen LogP contribution in [0.3, 0.4) is 0 Å². The second-order valence-corrected chi connectivity index (χ2v) is 5.22. The minimum Gasteiger partial charge on any atom is -0.475 e. The Bertz CT molecular complexity index is 562. The van der Waals surface area contributed by atoms with Crippen molar-refractivity contribution in [2.45, 2.75) is 12.2 Å². The number of carbonyl (C=O) groups is 1. The molecule has 1 aromatic heterocycles. The second kappa shape index (κ2) is 6.63. The largest absolute Gasteiger partial charge is 0.475 e. The van der Waals surface area contributed by atoms with Gasteiger partial charge in [0.1, 0.15) is 5.58 Å². The average Bonchev–Trinajstić information content (AvgIpc) is 2.78. The normalized spacial score (nSPS) is 11.0. The zero-order chi connectivity index (χ0) is 13.7. The third kappa shape index (κ3) is 3.30. The van der Waals surface area contributed by atoms with Crippen molar-refractivity contribution in [2.75, 3.05) is 19.5 Å². The van der Waals surface area contributed by atoms with Crippen LogP contribution in [0.1, 0.15) is 22.5 Å². The Morgan fingerprint density at radius 1 is 1.42 bits per heavy atom.